The predicted octanol–water partition coefficient (Wildman–Crippen LogP) is 4.76. The summed E-state index contributed by atoms with van der Waals surface area (Å²) in [6, 6.07) is 12.0. The summed E-state index contributed by atoms with van der Waals surface area (Å²) in [5.41, 5.74) is 10.5. The van der Waals surface area contributed by atoms with Crippen molar-refractivity contribution in [2.75, 3.05) is 29.5 Å². The van der Waals surface area contributed by atoms with E-state index in [9.17, 15) is 18.7 Å². The van der Waals surface area contributed by atoms with E-state index in [2.05, 4.69) is 39.5 Å². The summed E-state index contributed by atoms with van der Waals surface area (Å²) in [4.78, 5) is 21.0. The first kappa shape index (κ1) is 28.3. The molecule has 11 heteroatoms. The van der Waals surface area contributed by atoms with Crippen molar-refractivity contribution in [1.29, 1.82) is 0 Å². The van der Waals surface area contributed by atoms with Crippen molar-refractivity contribution in [2.24, 2.45) is 17.0 Å². The Hall–Kier alpha value is -3.30. The molecule has 4 atom stereocenters. The Labute approximate surface area is 219 Å². The molecule has 2 aromatic rings. The molecule has 200 valence electrons. The molecule has 0 bridgehead atoms. The lowest BCUT2D eigenvalue weighted by molar-refractivity contribution is 0.0929. The summed E-state index contributed by atoms with van der Waals surface area (Å²) in [6.45, 7) is 4.94. The van der Waals surface area contributed by atoms with Crippen molar-refractivity contribution in [1.82, 2.24) is 10.3 Å². The van der Waals surface area contributed by atoms with Crippen molar-refractivity contribution in [3.05, 3.63) is 64.0 Å². The number of aromatic nitrogens is 1. The van der Waals surface area contributed by atoms with Gasteiger partial charge in [0.05, 0.1) is 12.3 Å². The molecule has 10 nitrogen and oxygen atoms in total. The van der Waals surface area contributed by atoms with Crippen LogP contribution in [0.4, 0.5) is 11.6 Å². The van der Waals surface area contributed by atoms with E-state index < -0.39 is 22.1 Å². The summed E-state index contributed by atoms with van der Waals surface area (Å²) in [6.07, 6.45) is 5.15. The highest BCUT2D eigenvalue weighted by Gasteiger charge is 2.32. The van der Waals surface area contributed by atoms with Gasteiger partial charge in [-0.2, -0.15) is 0 Å². The maximum absolute atomic E-state index is 13.5. The van der Waals surface area contributed by atoms with Crippen molar-refractivity contribution in [2.45, 2.75) is 58.0 Å². The number of carbonyl (C=O) groups is 1. The maximum Gasteiger partial charge on any atom is 0.251 e. The maximum atomic E-state index is 13.5. The number of nitrogens with one attached hydrogen (secondary N) is 2. The summed E-state index contributed by atoms with van der Waals surface area (Å²) >= 11 is 0. The number of carbonyl (C=O) groups excluding carboxylic acids is 1. The van der Waals surface area contributed by atoms with Crippen LogP contribution < -0.4 is 14.9 Å². The second kappa shape index (κ2) is 12.8. The molecule has 3 rings (SSSR count). The van der Waals surface area contributed by atoms with Gasteiger partial charge in [0.1, 0.15) is 11.6 Å². The van der Waals surface area contributed by atoms with E-state index in [1.54, 1.807) is 6.07 Å². The molecule has 1 aliphatic carbocycles. The average molecular weight is 528 g/mol. The Morgan fingerprint density at radius 3 is 2.59 bits per heavy atom. The molecule has 0 spiro atoms. The fourth-order valence-electron chi connectivity index (χ4n) is 4.21. The van der Waals surface area contributed by atoms with Gasteiger partial charge in [0, 0.05) is 30.1 Å². The molecule has 2 N–H and O–H groups in total. The molecule has 4 unspecified atom stereocenters. The molecule has 1 heterocycles. The summed E-state index contributed by atoms with van der Waals surface area (Å²) in [7, 11) is -2.17. The minimum absolute atomic E-state index is 0.152. The lowest BCUT2D eigenvalue weighted by Crippen LogP contribution is -2.44. The minimum atomic E-state index is -3.58. The third-order valence-corrected chi connectivity index (χ3v) is 8.03. The highest BCUT2D eigenvalue weighted by atomic mass is 32.2. The SMILES string of the molecule is CCCCC(N=[N+]=[N-])C(Cc1ccccc1)NC(=O)c1cc(NCC2CC2C)nc(N(C)S(C)(=O)=O)c1. The molecule has 0 radical (unpaired) electrons. The van der Waals surface area contributed by atoms with Gasteiger partial charge in [-0.3, -0.25) is 9.10 Å². The lowest BCUT2D eigenvalue weighted by Gasteiger charge is -2.25. The number of benzene rings is 1. The largest absolute Gasteiger partial charge is 0.370 e. The molecule has 1 saturated carbocycles. The number of azide groups is 1. The molecule has 1 amide bonds. The smallest absolute Gasteiger partial charge is 0.251 e. The van der Waals surface area contributed by atoms with Crippen molar-refractivity contribution < 1.29 is 13.2 Å². The topological polar surface area (TPSA) is 140 Å². The van der Waals surface area contributed by atoms with E-state index in [0.717, 1.165) is 35.4 Å². The van der Waals surface area contributed by atoms with Gasteiger partial charge in [-0.25, -0.2) is 13.4 Å². The van der Waals surface area contributed by atoms with Crippen LogP contribution in [0.25, 0.3) is 10.4 Å². The third-order valence-electron chi connectivity index (χ3n) is 6.85. The van der Waals surface area contributed by atoms with Crippen LogP contribution in [-0.2, 0) is 16.4 Å². The van der Waals surface area contributed by atoms with Gasteiger partial charge >= 0.3 is 0 Å². The van der Waals surface area contributed by atoms with E-state index in [0.29, 0.717) is 37.0 Å². The Morgan fingerprint density at radius 1 is 1.30 bits per heavy atom. The van der Waals surface area contributed by atoms with Gasteiger partial charge in [-0.1, -0.05) is 62.1 Å². The molecule has 1 fully saturated rings. The second-order valence-electron chi connectivity index (χ2n) is 9.87. The fraction of sp³-hybridized carbons (Fsp3) is 0.538. The number of pyridine rings is 1. The Kier molecular flexibility index (Phi) is 9.77. The summed E-state index contributed by atoms with van der Waals surface area (Å²) in [5, 5.41) is 10.3. The number of hydrogen-bond donors (Lipinski definition) is 2. The van der Waals surface area contributed by atoms with Crippen molar-refractivity contribution in [3.8, 4) is 0 Å². The van der Waals surface area contributed by atoms with Crippen molar-refractivity contribution in [3.63, 3.8) is 0 Å². The van der Waals surface area contributed by atoms with Crippen LogP contribution in [0.5, 0.6) is 0 Å². The first-order valence-electron chi connectivity index (χ1n) is 12.7. The first-order valence-corrected chi connectivity index (χ1v) is 14.6. The zero-order valence-corrected chi connectivity index (χ0v) is 22.8. The van der Waals surface area contributed by atoms with Crippen LogP contribution in [0, 0.1) is 11.8 Å². The lowest BCUT2D eigenvalue weighted by atomic mass is 9.95. The molecular formula is C26H37N7O3S. The standard InChI is InChI=1S/C26H37N7O3S/c1-5-6-12-22(31-32-27)23(14-19-10-8-7-9-11-19)29-26(34)20-15-24(28-17-21-13-18(21)2)30-25(16-20)33(3)37(4,35)36/h7-11,15-16,18,21-23H,5-6,12-14,17H2,1-4H3,(H,28,30)(H,29,34). The van der Waals surface area contributed by atoms with Gasteiger partial charge < -0.3 is 10.6 Å². The number of rotatable bonds is 14. The van der Waals surface area contributed by atoms with E-state index in [1.165, 1.54) is 13.1 Å². The number of hydrogen-bond acceptors (Lipinski definition) is 6. The highest BCUT2D eigenvalue weighted by Crippen LogP contribution is 2.37. The third kappa shape index (κ3) is 8.36. The minimum Gasteiger partial charge on any atom is -0.370 e. The number of unbranched alkanes of at least 4 members (excludes halogenated alkanes) is 1. The van der Waals surface area contributed by atoms with E-state index >= 15 is 0 Å². The van der Waals surface area contributed by atoms with E-state index in [-0.39, 0.29) is 17.3 Å². The Balaban J connectivity index is 1.91. The zero-order valence-electron chi connectivity index (χ0n) is 22.0. The molecule has 1 aromatic heterocycles. The van der Waals surface area contributed by atoms with Gasteiger partial charge in [0.2, 0.25) is 10.0 Å². The number of amides is 1. The average Bonchev–Trinajstić information content (AvgIpc) is 3.59. The molecule has 1 aliphatic rings. The second-order valence-corrected chi connectivity index (χ2v) is 11.9. The van der Waals surface area contributed by atoms with Gasteiger partial charge in [0.15, 0.2) is 0 Å². The van der Waals surface area contributed by atoms with Crippen LogP contribution >= 0.6 is 0 Å². The Morgan fingerprint density at radius 2 is 2.00 bits per heavy atom. The van der Waals surface area contributed by atoms with Crippen LogP contribution in [-0.4, -0.2) is 51.2 Å². The molecular weight excluding hydrogens is 490 g/mol. The molecule has 1 aromatic carbocycles. The summed E-state index contributed by atoms with van der Waals surface area (Å²) < 4.78 is 25.5. The number of nitrogens with zero attached hydrogens (tertiary/aromatic N) is 5. The molecule has 37 heavy (non-hydrogen) atoms. The predicted molar refractivity (Wildman–Crippen MR) is 147 cm³/mol. The molecule has 0 aliphatic heterocycles. The van der Waals surface area contributed by atoms with Crippen LogP contribution in [0.15, 0.2) is 47.6 Å². The van der Waals surface area contributed by atoms with Gasteiger partial charge in [-0.15, -0.1) is 0 Å². The van der Waals surface area contributed by atoms with Crippen molar-refractivity contribution >= 4 is 27.6 Å². The van der Waals surface area contributed by atoms with Crippen LogP contribution in [0.3, 0.4) is 0 Å². The normalized spacial score (nSPS) is 18.3. The number of sulfonamides is 1. The van der Waals surface area contributed by atoms with E-state index in [1.807, 2.05) is 30.3 Å². The number of anilines is 2. The van der Waals surface area contributed by atoms with Crippen LogP contribution in [0.2, 0.25) is 0 Å². The molecule has 0 saturated heterocycles. The first-order chi connectivity index (χ1) is 17.6. The van der Waals surface area contributed by atoms with Crippen LogP contribution in [0.1, 0.15) is 55.5 Å². The van der Waals surface area contributed by atoms with Gasteiger partial charge in [0.25, 0.3) is 5.91 Å². The highest BCUT2D eigenvalue weighted by molar-refractivity contribution is 7.92. The zero-order chi connectivity index (χ0) is 27.0. The van der Waals surface area contributed by atoms with Gasteiger partial charge in [-0.05, 0) is 54.3 Å². The quantitative estimate of drug-likeness (QED) is 0.207. The van der Waals surface area contributed by atoms with E-state index in [4.69, 9.17) is 0 Å². The Bertz CT molecular complexity index is 1220. The fourth-order valence-corrected chi connectivity index (χ4v) is 4.64. The summed E-state index contributed by atoms with van der Waals surface area (Å²) in [5.74, 6) is 1.38. The monoisotopic (exact) mass is 527 g/mol.